The average molecular weight is 413 g/mol. The molecule has 0 radical (unpaired) electrons. The second kappa shape index (κ2) is 11.4. The van der Waals surface area contributed by atoms with E-state index in [-0.39, 0.29) is 12.3 Å². The summed E-state index contributed by atoms with van der Waals surface area (Å²) in [7, 11) is 1.65. The number of aromatic nitrogens is 1. The fourth-order valence-corrected chi connectivity index (χ4v) is 3.31. The van der Waals surface area contributed by atoms with E-state index in [4.69, 9.17) is 4.74 Å². The van der Waals surface area contributed by atoms with Crippen LogP contribution in [0.5, 0.6) is 11.5 Å². The van der Waals surface area contributed by atoms with Crippen LogP contribution in [0.25, 0.3) is 0 Å². The fourth-order valence-electron chi connectivity index (χ4n) is 2.53. The summed E-state index contributed by atoms with van der Waals surface area (Å²) in [5, 5.41) is 9.49. The van der Waals surface area contributed by atoms with Gasteiger partial charge in [-0.05, 0) is 19.4 Å². The molecule has 0 aliphatic heterocycles. The standard InChI is InChI=1S/C19H26F2N4O2S/c1-4-16-25-14(12-28-16)9-10-23-19(22-3)24-11-13-7-6-8-15(26-5-2)17(13)27-18(20)21/h6-8,12,18H,4-5,9-11H2,1-3H3,(H2,22,23,24). The summed E-state index contributed by atoms with van der Waals surface area (Å²) in [6, 6.07) is 5.06. The van der Waals surface area contributed by atoms with Crippen molar-refractivity contribution in [2.24, 2.45) is 4.99 Å². The number of nitrogens with one attached hydrogen (secondary N) is 2. The van der Waals surface area contributed by atoms with Gasteiger partial charge in [-0.3, -0.25) is 4.99 Å². The summed E-state index contributed by atoms with van der Waals surface area (Å²) < 4.78 is 35.7. The van der Waals surface area contributed by atoms with Crippen molar-refractivity contribution in [2.45, 2.75) is 39.8 Å². The summed E-state index contributed by atoms with van der Waals surface area (Å²) >= 11 is 1.66. The Morgan fingerprint density at radius 3 is 2.75 bits per heavy atom. The number of alkyl halides is 2. The van der Waals surface area contributed by atoms with E-state index in [1.807, 2.05) is 0 Å². The lowest BCUT2D eigenvalue weighted by Gasteiger charge is -2.17. The van der Waals surface area contributed by atoms with Gasteiger partial charge in [-0.15, -0.1) is 11.3 Å². The zero-order valence-corrected chi connectivity index (χ0v) is 17.1. The third kappa shape index (κ3) is 6.63. The summed E-state index contributed by atoms with van der Waals surface area (Å²) in [6.45, 7) is 2.22. The third-order valence-corrected chi connectivity index (χ3v) is 4.85. The second-order valence-corrected chi connectivity index (χ2v) is 6.69. The number of aryl methyl sites for hydroxylation is 1. The molecule has 1 aromatic heterocycles. The topological polar surface area (TPSA) is 67.8 Å². The maximum absolute atomic E-state index is 12.8. The molecule has 0 aliphatic rings. The molecule has 9 heteroatoms. The normalized spacial score (nSPS) is 11.6. The minimum absolute atomic E-state index is 0.0388. The minimum Gasteiger partial charge on any atom is -0.490 e. The van der Waals surface area contributed by atoms with Crippen LogP contribution in [0.1, 0.15) is 30.1 Å². The van der Waals surface area contributed by atoms with E-state index in [1.165, 1.54) is 0 Å². The van der Waals surface area contributed by atoms with E-state index < -0.39 is 6.61 Å². The number of ether oxygens (including phenoxy) is 2. The van der Waals surface area contributed by atoms with Crippen molar-refractivity contribution in [1.29, 1.82) is 0 Å². The average Bonchev–Trinajstić information content (AvgIpc) is 3.14. The van der Waals surface area contributed by atoms with Crippen molar-refractivity contribution in [3.05, 3.63) is 39.8 Å². The quantitative estimate of drug-likeness (QED) is 0.461. The molecule has 0 fully saturated rings. The lowest BCUT2D eigenvalue weighted by molar-refractivity contribution is -0.0520. The first-order valence-electron chi connectivity index (χ1n) is 9.14. The Morgan fingerprint density at radius 2 is 2.11 bits per heavy atom. The van der Waals surface area contributed by atoms with Crippen LogP contribution < -0.4 is 20.1 Å². The van der Waals surface area contributed by atoms with Gasteiger partial charge < -0.3 is 20.1 Å². The Balaban J connectivity index is 1.94. The van der Waals surface area contributed by atoms with E-state index in [0.29, 0.717) is 30.4 Å². The highest BCUT2D eigenvalue weighted by molar-refractivity contribution is 7.09. The molecule has 0 atom stereocenters. The number of rotatable bonds is 10. The predicted octanol–water partition coefficient (Wildman–Crippen LogP) is 3.61. The minimum atomic E-state index is -2.93. The number of benzene rings is 1. The Kier molecular flexibility index (Phi) is 8.93. The smallest absolute Gasteiger partial charge is 0.387 e. The van der Waals surface area contributed by atoms with Gasteiger partial charge in [-0.1, -0.05) is 19.1 Å². The number of guanidine groups is 1. The lowest BCUT2D eigenvalue weighted by atomic mass is 10.2. The Labute approximate surface area is 168 Å². The number of aliphatic imine (C=N–C) groups is 1. The zero-order chi connectivity index (χ0) is 20.4. The van der Waals surface area contributed by atoms with Crippen molar-refractivity contribution in [3.63, 3.8) is 0 Å². The number of halogens is 2. The van der Waals surface area contributed by atoms with Gasteiger partial charge in [0.15, 0.2) is 17.5 Å². The molecule has 154 valence electrons. The van der Waals surface area contributed by atoms with Crippen LogP contribution in [0.3, 0.4) is 0 Å². The van der Waals surface area contributed by atoms with Crippen LogP contribution >= 0.6 is 11.3 Å². The molecular formula is C19H26F2N4O2S. The van der Waals surface area contributed by atoms with Gasteiger partial charge in [0.05, 0.1) is 17.3 Å². The highest BCUT2D eigenvalue weighted by Gasteiger charge is 2.16. The summed E-state index contributed by atoms with van der Waals surface area (Å²) in [5.41, 5.74) is 1.60. The first-order valence-corrected chi connectivity index (χ1v) is 10.0. The molecule has 0 spiro atoms. The van der Waals surface area contributed by atoms with Gasteiger partial charge >= 0.3 is 6.61 Å². The Bertz CT molecular complexity index is 768. The molecule has 0 saturated carbocycles. The van der Waals surface area contributed by atoms with Crippen LogP contribution in [-0.4, -0.2) is 37.8 Å². The van der Waals surface area contributed by atoms with Crippen molar-refractivity contribution in [1.82, 2.24) is 15.6 Å². The van der Waals surface area contributed by atoms with Crippen molar-refractivity contribution >= 4 is 17.3 Å². The molecule has 1 aromatic carbocycles. The Morgan fingerprint density at radius 1 is 1.29 bits per heavy atom. The van der Waals surface area contributed by atoms with Crippen LogP contribution in [0.15, 0.2) is 28.6 Å². The number of hydrogen-bond donors (Lipinski definition) is 2. The van der Waals surface area contributed by atoms with E-state index in [9.17, 15) is 8.78 Å². The third-order valence-electron chi connectivity index (χ3n) is 3.81. The second-order valence-electron chi connectivity index (χ2n) is 5.74. The summed E-state index contributed by atoms with van der Waals surface area (Å²) in [6.07, 6.45) is 1.71. The first kappa shape index (κ1) is 21.9. The van der Waals surface area contributed by atoms with E-state index in [1.54, 1.807) is 43.5 Å². The van der Waals surface area contributed by atoms with Crippen LogP contribution in [0.4, 0.5) is 8.78 Å². The largest absolute Gasteiger partial charge is 0.490 e. The molecule has 0 saturated heterocycles. The van der Waals surface area contributed by atoms with Crippen molar-refractivity contribution in [2.75, 3.05) is 20.2 Å². The SMILES string of the molecule is CCOc1cccc(CNC(=NC)NCCc2csc(CC)n2)c1OC(F)F. The lowest BCUT2D eigenvalue weighted by Crippen LogP contribution is -2.38. The fraction of sp³-hybridized carbons (Fsp3) is 0.474. The molecule has 0 bridgehead atoms. The molecule has 2 aromatic rings. The number of nitrogens with zero attached hydrogens (tertiary/aromatic N) is 2. The number of hydrogen-bond acceptors (Lipinski definition) is 5. The van der Waals surface area contributed by atoms with Gasteiger partial charge in [0.1, 0.15) is 0 Å². The molecular weight excluding hydrogens is 386 g/mol. The van der Waals surface area contributed by atoms with Crippen LogP contribution in [0.2, 0.25) is 0 Å². The maximum Gasteiger partial charge on any atom is 0.387 e. The Hall–Kier alpha value is -2.42. The maximum atomic E-state index is 12.8. The molecule has 2 N–H and O–H groups in total. The van der Waals surface area contributed by atoms with E-state index in [0.717, 1.165) is 23.5 Å². The molecule has 2 rings (SSSR count). The van der Waals surface area contributed by atoms with Crippen molar-refractivity contribution < 1.29 is 18.3 Å². The summed E-state index contributed by atoms with van der Waals surface area (Å²) in [5.74, 6) is 0.896. The molecule has 0 amide bonds. The van der Waals surface area contributed by atoms with Gasteiger partial charge in [-0.25, -0.2) is 4.98 Å². The van der Waals surface area contributed by atoms with Gasteiger partial charge in [0.2, 0.25) is 0 Å². The van der Waals surface area contributed by atoms with Gasteiger partial charge in [-0.2, -0.15) is 8.78 Å². The molecule has 0 aliphatic carbocycles. The van der Waals surface area contributed by atoms with Crippen molar-refractivity contribution in [3.8, 4) is 11.5 Å². The molecule has 6 nitrogen and oxygen atoms in total. The number of para-hydroxylation sites is 1. The van der Waals surface area contributed by atoms with E-state index >= 15 is 0 Å². The monoisotopic (exact) mass is 412 g/mol. The summed E-state index contributed by atoms with van der Waals surface area (Å²) in [4.78, 5) is 8.69. The molecule has 1 heterocycles. The first-order chi connectivity index (χ1) is 13.6. The molecule has 0 unspecified atom stereocenters. The highest BCUT2D eigenvalue weighted by atomic mass is 32.1. The zero-order valence-electron chi connectivity index (χ0n) is 16.3. The highest BCUT2D eigenvalue weighted by Crippen LogP contribution is 2.32. The van der Waals surface area contributed by atoms with Gasteiger partial charge in [0, 0.05) is 37.5 Å². The number of thiazole rings is 1. The predicted molar refractivity (Wildman–Crippen MR) is 108 cm³/mol. The van der Waals surface area contributed by atoms with E-state index in [2.05, 4.69) is 37.7 Å². The van der Waals surface area contributed by atoms with Crippen LogP contribution in [-0.2, 0) is 19.4 Å². The van der Waals surface area contributed by atoms with Crippen LogP contribution in [0, 0.1) is 0 Å². The van der Waals surface area contributed by atoms with Gasteiger partial charge in [0.25, 0.3) is 0 Å². The molecule has 28 heavy (non-hydrogen) atoms.